The highest BCUT2D eigenvalue weighted by atomic mass is 19.4. The maximum absolute atomic E-state index is 14.3. The Morgan fingerprint density at radius 2 is 1.88 bits per heavy atom. The van der Waals surface area contributed by atoms with Crippen molar-refractivity contribution in [3.05, 3.63) is 59.4 Å². The van der Waals surface area contributed by atoms with E-state index in [1.54, 1.807) is 11.0 Å². The second-order valence-electron chi connectivity index (χ2n) is 8.03. The van der Waals surface area contributed by atoms with Crippen molar-refractivity contribution >= 4 is 11.7 Å². The van der Waals surface area contributed by atoms with Gasteiger partial charge in [0.05, 0.1) is 18.2 Å². The van der Waals surface area contributed by atoms with Gasteiger partial charge in [-0.3, -0.25) is 0 Å². The largest absolute Gasteiger partial charge is 0.465 e. The Balaban J connectivity index is 1.68. The number of rotatable bonds is 4. The molecule has 0 N–H and O–H groups in total. The zero-order chi connectivity index (χ0) is 23.8. The average molecular weight is 462 g/mol. The molecular formula is C24H22F4N2O3. The first-order valence-corrected chi connectivity index (χ1v) is 10.5. The number of halogens is 4. The molecule has 1 atom stereocenters. The fraction of sp³-hybridized carbons (Fsp3) is 0.333. The highest BCUT2D eigenvalue weighted by molar-refractivity contribution is 5.90. The van der Waals surface area contributed by atoms with Gasteiger partial charge in [-0.2, -0.15) is 13.2 Å². The van der Waals surface area contributed by atoms with Crippen molar-refractivity contribution in [2.75, 3.05) is 18.6 Å². The first kappa shape index (κ1) is 22.8. The van der Waals surface area contributed by atoms with E-state index >= 15 is 0 Å². The van der Waals surface area contributed by atoms with Crippen LogP contribution >= 0.6 is 0 Å². The molecule has 33 heavy (non-hydrogen) atoms. The molecule has 0 radical (unpaired) electrons. The van der Waals surface area contributed by atoms with E-state index in [-0.39, 0.29) is 34.3 Å². The number of carbonyl (C=O) groups is 1. The molecule has 1 fully saturated rings. The van der Waals surface area contributed by atoms with Gasteiger partial charge >= 0.3 is 12.1 Å². The molecule has 1 aliphatic heterocycles. The van der Waals surface area contributed by atoms with Gasteiger partial charge in [-0.05, 0) is 56.5 Å². The number of hydrogen-bond donors (Lipinski definition) is 0. The third kappa shape index (κ3) is 4.58. The summed E-state index contributed by atoms with van der Waals surface area (Å²) < 4.78 is 65.8. The number of methoxy groups -OCH3 is 1. The van der Waals surface area contributed by atoms with Crippen LogP contribution in [0.2, 0.25) is 0 Å². The molecule has 2 heterocycles. The fourth-order valence-electron chi connectivity index (χ4n) is 4.12. The number of carbonyl (C=O) groups excluding carboxylic acids is 1. The van der Waals surface area contributed by atoms with E-state index in [4.69, 9.17) is 4.52 Å². The maximum atomic E-state index is 14.3. The molecule has 0 spiro atoms. The minimum atomic E-state index is -4.54. The molecule has 3 aromatic rings. The quantitative estimate of drug-likeness (QED) is 0.335. The van der Waals surface area contributed by atoms with Gasteiger partial charge in [-0.15, -0.1) is 0 Å². The Morgan fingerprint density at radius 3 is 2.55 bits per heavy atom. The van der Waals surface area contributed by atoms with Crippen molar-refractivity contribution in [2.24, 2.45) is 0 Å². The molecule has 174 valence electrons. The van der Waals surface area contributed by atoms with E-state index in [0.29, 0.717) is 12.1 Å². The summed E-state index contributed by atoms with van der Waals surface area (Å²) in [6.07, 6.45) is -1.85. The number of alkyl halides is 3. The number of aromatic nitrogens is 1. The van der Waals surface area contributed by atoms with Gasteiger partial charge in [-0.1, -0.05) is 11.2 Å². The molecule has 1 unspecified atom stereocenters. The lowest BCUT2D eigenvalue weighted by Gasteiger charge is -2.37. The van der Waals surface area contributed by atoms with Crippen LogP contribution in [0.3, 0.4) is 0 Å². The van der Waals surface area contributed by atoms with Crippen LogP contribution in [0, 0.1) is 5.82 Å². The zero-order valence-corrected chi connectivity index (χ0v) is 18.1. The van der Waals surface area contributed by atoms with Crippen molar-refractivity contribution < 1.29 is 31.6 Å². The molecule has 4 rings (SSSR count). The van der Waals surface area contributed by atoms with Gasteiger partial charge in [-0.25, -0.2) is 9.18 Å². The lowest BCUT2D eigenvalue weighted by Crippen LogP contribution is -2.38. The van der Waals surface area contributed by atoms with Crippen LogP contribution in [-0.4, -0.2) is 30.8 Å². The molecule has 0 amide bonds. The van der Waals surface area contributed by atoms with Crippen molar-refractivity contribution in [3.8, 4) is 22.6 Å². The van der Waals surface area contributed by atoms with Gasteiger partial charge in [0, 0.05) is 35.5 Å². The summed E-state index contributed by atoms with van der Waals surface area (Å²) in [5, 5.41) is 3.87. The van der Waals surface area contributed by atoms with Crippen LogP contribution in [0.4, 0.5) is 23.2 Å². The predicted molar refractivity (Wildman–Crippen MR) is 114 cm³/mol. The Kier molecular flexibility index (Phi) is 6.14. The minimum Gasteiger partial charge on any atom is -0.465 e. The molecular weight excluding hydrogens is 440 g/mol. The second kappa shape index (κ2) is 8.88. The van der Waals surface area contributed by atoms with Gasteiger partial charge in [0.15, 0.2) is 5.76 Å². The fourth-order valence-corrected chi connectivity index (χ4v) is 4.12. The summed E-state index contributed by atoms with van der Waals surface area (Å²) in [6.45, 7) is 2.50. The molecule has 0 bridgehead atoms. The number of ether oxygens (including phenoxy) is 1. The van der Waals surface area contributed by atoms with Crippen LogP contribution in [-0.2, 0) is 10.9 Å². The Morgan fingerprint density at radius 1 is 1.12 bits per heavy atom. The van der Waals surface area contributed by atoms with Crippen LogP contribution in [0.15, 0.2) is 47.0 Å². The van der Waals surface area contributed by atoms with Crippen LogP contribution in [0.1, 0.15) is 42.1 Å². The van der Waals surface area contributed by atoms with Crippen LogP contribution < -0.4 is 4.90 Å². The number of benzene rings is 2. The lowest BCUT2D eigenvalue weighted by molar-refractivity contribution is -0.137. The highest BCUT2D eigenvalue weighted by Gasteiger charge is 2.36. The summed E-state index contributed by atoms with van der Waals surface area (Å²) in [5.41, 5.74) is -0.0742. The van der Waals surface area contributed by atoms with E-state index in [2.05, 4.69) is 9.89 Å². The minimum absolute atomic E-state index is 0.0189. The summed E-state index contributed by atoms with van der Waals surface area (Å²) >= 11 is 0. The van der Waals surface area contributed by atoms with Crippen molar-refractivity contribution in [2.45, 2.75) is 38.4 Å². The Labute approximate surface area is 187 Å². The topological polar surface area (TPSA) is 55.6 Å². The molecule has 1 aromatic heterocycles. The predicted octanol–water partition coefficient (Wildman–Crippen LogP) is 6.33. The molecule has 1 saturated heterocycles. The summed E-state index contributed by atoms with van der Waals surface area (Å²) in [7, 11) is 1.14. The van der Waals surface area contributed by atoms with Gasteiger partial charge in [0.1, 0.15) is 11.5 Å². The summed E-state index contributed by atoms with van der Waals surface area (Å²) in [6, 6.07) is 9.35. The highest BCUT2D eigenvalue weighted by Crippen LogP contribution is 2.41. The molecule has 1 aliphatic rings. The Bertz CT molecular complexity index is 1170. The molecule has 0 aliphatic carbocycles. The summed E-state index contributed by atoms with van der Waals surface area (Å²) in [5.74, 6) is -1.50. The zero-order valence-electron chi connectivity index (χ0n) is 18.1. The monoisotopic (exact) mass is 462 g/mol. The van der Waals surface area contributed by atoms with E-state index in [0.717, 1.165) is 38.5 Å². The SMILES string of the molecule is COC(=O)c1ccc(-c2cc(-c3ccc(N4CCCCC4C)c(C(F)(F)F)c3)on2)cc1F. The van der Waals surface area contributed by atoms with E-state index in [1.165, 1.54) is 24.3 Å². The van der Waals surface area contributed by atoms with Gasteiger partial charge in [0.25, 0.3) is 0 Å². The normalized spacial score (nSPS) is 16.7. The first-order chi connectivity index (χ1) is 15.7. The van der Waals surface area contributed by atoms with Crippen LogP contribution in [0.5, 0.6) is 0 Å². The van der Waals surface area contributed by atoms with Crippen molar-refractivity contribution in [1.29, 1.82) is 0 Å². The maximum Gasteiger partial charge on any atom is 0.418 e. The van der Waals surface area contributed by atoms with Crippen LogP contribution in [0.25, 0.3) is 22.6 Å². The number of esters is 1. The standard InChI is InChI=1S/C24H22F4N2O3/c1-14-5-3-4-10-30(14)21-9-7-16(11-18(21)24(26,27)28)22-13-20(29-33-22)15-6-8-17(19(25)12-15)23(31)32-2/h6-9,11-14H,3-5,10H2,1-2H3. The number of piperidine rings is 1. The first-order valence-electron chi connectivity index (χ1n) is 10.5. The average Bonchev–Trinajstić information content (AvgIpc) is 3.28. The van der Waals surface area contributed by atoms with E-state index < -0.39 is 23.5 Å². The third-order valence-corrected chi connectivity index (χ3v) is 5.88. The van der Waals surface area contributed by atoms with E-state index in [1.807, 2.05) is 6.92 Å². The van der Waals surface area contributed by atoms with Gasteiger partial charge in [0.2, 0.25) is 0 Å². The molecule has 5 nitrogen and oxygen atoms in total. The van der Waals surface area contributed by atoms with Crippen molar-refractivity contribution in [3.63, 3.8) is 0 Å². The molecule has 2 aromatic carbocycles. The molecule has 9 heteroatoms. The van der Waals surface area contributed by atoms with E-state index in [9.17, 15) is 22.4 Å². The number of nitrogens with zero attached hydrogens (tertiary/aromatic N) is 2. The second-order valence-corrected chi connectivity index (χ2v) is 8.03. The van der Waals surface area contributed by atoms with Gasteiger partial charge < -0.3 is 14.2 Å². The third-order valence-electron chi connectivity index (χ3n) is 5.88. The number of hydrogen-bond acceptors (Lipinski definition) is 5. The smallest absolute Gasteiger partial charge is 0.418 e. The summed E-state index contributed by atoms with van der Waals surface area (Å²) in [4.78, 5) is 13.4. The van der Waals surface area contributed by atoms with Crippen molar-refractivity contribution in [1.82, 2.24) is 5.16 Å². The molecule has 0 saturated carbocycles. The lowest BCUT2D eigenvalue weighted by atomic mass is 9.99. The Hall–Kier alpha value is -3.36. The number of anilines is 1.